The zero-order valence-corrected chi connectivity index (χ0v) is 14.1. The molecule has 2 aromatic rings. The topological polar surface area (TPSA) is 55.4 Å². The van der Waals surface area contributed by atoms with Gasteiger partial charge in [0.2, 0.25) is 10.0 Å². The van der Waals surface area contributed by atoms with E-state index in [0.29, 0.717) is 6.07 Å². The van der Waals surface area contributed by atoms with Gasteiger partial charge in [0.05, 0.1) is 10.5 Å². The SMILES string of the molecule is O=S(=O)(NCCOc1ccccc1F)c1ccc(Cl)cc1C(F)(F)F. The van der Waals surface area contributed by atoms with Gasteiger partial charge in [-0.05, 0) is 30.3 Å². The molecule has 0 aliphatic rings. The zero-order valence-electron chi connectivity index (χ0n) is 12.5. The zero-order chi connectivity index (χ0) is 18.7. The van der Waals surface area contributed by atoms with E-state index in [9.17, 15) is 26.0 Å². The Morgan fingerprint density at radius 1 is 1.12 bits per heavy atom. The third kappa shape index (κ3) is 5.07. The highest BCUT2D eigenvalue weighted by Gasteiger charge is 2.37. The van der Waals surface area contributed by atoms with Crippen LogP contribution in [0.25, 0.3) is 0 Å². The Kier molecular flexibility index (Phi) is 5.91. The first kappa shape index (κ1) is 19.5. The van der Waals surface area contributed by atoms with Gasteiger partial charge in [-0.1, -0.05) is 23.7 Å². The molecule has 1 N–H and O–H groups in total. The van der Waals surface area contributed by atoms with Crippen molar-refractivity contribution >= 4 is 21.6 Å². The number of sulfonamides is 1. The molecule has 2 aromatic carbocycles. The second-order valence-corrected chi connectivity index (χ2v) is 6.99. The van der Waals surface area contributed by atoms with E-state index in [-0.39, 0.29) is 23.9 Å². The van der Waals surface area contributed by atoms with Gasteiger partial charge in [-0.15, -0.1) is 0 Å². The monoisotopic (exact) mass is 397 g/mol. The normalized spacial score (nSPS) is 12.2. The minimum Gasteiger partial charge on any atom is -0.489 e. The summed E-state index contributed by atoms with van der Waals surface area (Å²) in [6, 6.07) is 7.81. The van der Waals surface area contributed by atoms with Gasteiger partial charge in [-0.3, -0.25) is 0 Å². The fourth-order valence-electron chi connectivity index (χ4n) is 1.93. The molecule has 136 valence electrons. The highest BCUT2D eigenvalue weighted by molar-refractivity contribution is 7.89. The maximum absolute atomic E-state index is 13.3. The second-order valence-electron chi connectivity index (χ2n) is 4.81. The average Bonchev–Trinajstić information content (AvgIpc) is 2.52. The molecule has 0 fully saturated rings. The molecule has 4 nitrogen and oxygen atoms in total. The minimum absolute atomic E-state index is 0.0934. The molecule has 2 rings (SSSR count). The number of rotatable bonds is 6. The smallest absolute Gasteiger partial charge is 0.417 e. The van der Waals surface area contributed by atoms with Crippen LogP contribution in [-0.4, -0.2) is 21.6 Å². The maximum Gasteiger partial charge on any atom is 0.417 e. The summed E-state index contributed by atoms with van der Waals surface area (Å²) in [5.41, 5.74) is -1.37. The van der Waals surface area contributed by atoms with Crippen LogP contribution in [0.1, 0.15) is 5.56 Å². The van der Waals surface area contributed by atoms with Crippen LogP contribution in [0.2, 0.25) is 5.02 Å². The molecule has 0 atom stereocenters. The van der Waals surface area contributed by atoms with E-state index in [2.05, 4.69) is 0 Å². The first-order valence-corrected chi connectivity index (χ1v) is 8.71. The van der Waals surface area contributed by atoms with Crippen LogP contribution in [0.15, 0.2) is 47.4 Å². The lowest BCUT2D eigenvalue weighted by Crippen LogP contribution is -2.30. The molecule has 0 spiro atoms. The molecule has 0 bridgehead atoms. The molecule has 0 saturated heterocycles. The largest absolute Gasteiger partial charge is 0.489 e. The van der Waals surface area contributed by atoms with Crippen molar-refractivity contribution in [2.45, 2.75) is 11.1 Å². The van der Waals surface area contributed by atoms with Crippen molar-refractivity contribution in [2.24, 2.45) is 0 Å². The van der Waals surface area contributed by atoms with E-state index in [1.165, 1.54) is 18.2 Å². The van der Waals surface area contributed by atoms with Crippen molar-refractivity contribution in [3.63, 3.8) is 0 Å². The van der Waals surface area contributed by atoms with Gasteiger partial charge < -0.3 is 4.74 Å². The number of alkyl halides is 3. The van der Waals surface area contributed by atoms with Gasteiger partial charge >= 0.3 is 6.18 Å². The summed E-state index contributed by atoms with van der Waals surface area (Å²) in [5.74, 6) is -0.730. The van der Waals surface area contributed by atoms with Crippen LogP contribution in [0.4, 0.5) is 17.6 Å². The van der Waals surface area contributed by atoms with Crippen molar-refractivity contribution in [1.82, 2.24) is 4.72 Å². The number of para-hydroxylation sites is 1. The summed E-state index contributed by atoms with van der Waals surface area (Å²) in [4.78, 5) is -0.949. The fourth-order valence-corrected chi connectivity index (χ4v) is 3.33. The predicted molar refractivity (Wildman–Crippen MR) is 83.5 cm³/mol. The van der Waals surface area contributed by atoms with Crippen molar-refractivity contribution in [2.75, 3.05) is 13.2 Å². The van der Waals surface area contributed by atoms with Gasteiger partial charge in [0.1, 0.15) is 6.61 Å². The number of ether oxygens (including phenoxy) is 1. The van der Waals surface area contributed by atoms with Crippen LogP contribution < -0.4 is 9.46 Å². The lowest BCUT2D eigenvalue weighted by molar-refractivity contribution is -0.139. The Bertz CT molecular complexity index is 856. The highest BCUT2D eigenvalue weighted by atomic mass is 35.5. The number of hydrogen-bond acceptors (Lipinski definition) is 3. The number of hydrogen-bond donors (Lipinski definition) is 1. The molecule has 0 saturated carbocycles. The first-order valence-electron chi connectivity index (χ1n) is 6.85. The highest BCUT2D eigenvalue weighted by Crippen LogP contribution is 2.35. The summed E-state index contributed by atoms with van der Waals surface area (Å²) >= 11 is 5.51. The van der Waals surface area contributed by atoms with Gasteiger partial charge in [0, 0.05) is 11.6 Å². The number of nitrogens with one attached hydrogen (secondary N) is 1. The second kappa shape index (κ2) is 7.59. The molecular formula is C15H12ClF4NO3S. The molecule has 25 heavy (non-hydrogen) atoms. The number of benzene rings is 2. The minimum atomic E-state index is -4.89. The van der Waals surface area contributed by atoms with E-state index < -0.39 is 32.5 Å². The van der Waals surface area contributed by atoms with Crippen molar-refractivity contribution < 1.29 is 30.7 Å². The molecule has 0 aliphatic heterocycles. The van der Waals surface area contributed by atoms with Gasteiger partial charge in [0.15, 0.2) is 11.6 Å². The van der Waals surface area contributed by atoms with Crippen LogP contribution in [0.3, 0.4) is 0 Å². The molecule has 0 amide bonds. The quantitative estimate of drug-likeness (QED) is 0.595. The summed E-state index contributed by atoms with van der Waals surface area (Å²) in [7, 11) is -4.46. The Balaban J connectivity index is 2.09. The molecular weight excluding hydrogens is 386 g/mol. The molecule has 0 unspecified atom stereocenters. The molecule has 0 heterocycles. The molecule has 10 heteroatoms. The Morgan fingerprint density at radius 2 is 1.80 bits per heavy atom. The van der Waals surface area contributed by atoms with Crippen LogP contribution in [-0.2, 0) is 16.2 Å². The van der Waals surface area contributed by atoms with Gasteiger partial charge in [-0.2, -0.15) is 13.2 Å². The van der Waals surface area contributed by atoms with Crippen LogP contribution in [0, 0.1) is 5.82 Å². The molecule has 0 aromatic heterocycles. The lowest BCUT2D eigenvalue weighted by atomic mass is 10.2. The van der Waals surface area contributed by atoms with Gasteiger partial charge in [-0.25, -0.2) is 17.5 Å². The van der Waals surface area contributed by atoms with E-state index in [0.717, 1.165) is 18.2 Å². The van der Waals surface area contributed by atoms with E-state index in [1.54, 1.807) is 0 Å². The first-order chi connectivity index (χ1) is 11.6. The Morgan fingerprint density at radius 3 is 2.44 bits per heavy atom. The summed E-state index contributed by atoms with van der Waals surface area (Å²) in [5, 5.41) is -0.242. The van der Waals surface area contributed by atoms with Crippen molar-refractivity contribution in [3.05, 3.63) is 58.9 Å². The lowest BCUT2D eigenvalue weighted by Gasteiger charge is -2.14. The Labute approximate surface area is 146 Å². The summed E-state index contributed by atoms with van der Waals surface area (Å²) in [6.45, 7) is -0.619. The van der Waals surface area contributed by atoms with E-state index in [4.69, 9.17) is 16.3 Å². The standard InChI is InChI=1S/C15H12ClF4NO3S/c16-10-5-6-14(11(9-10)15(18,19)20)25(22,23)21-7-8-24-13-4-2-1-3-12(13)17/h1-6,9,21H,7-8H2. The average molecular weight is 398 g/mol. The van der Waals surface area contributed by atoms with E-state index in [1.807, 2.05) is 4.72 Å². The Hall–Kier alpha value is -1.84. The number of halogens is 5. The van der Waals surface area contributed by atoms with Crippen molar-refractivity contribution in [1.29, 1.82) is 0 Å². The fraction of sp³-hybridized carbons (Fsp3) is 0.200. The van der Waals surface area contributed by atoms with Crippen LogP contribution in [0.5, 0.6) is 5.75 Å². The third-order valence-electron chi connectivity index (χ3n) is 3.02. The summed E-state index contributed by atoms with van der Waals surface area (Å²) < 4.78 is 83.6. The summed E-state index contributed by atoms with van der Waals surface area (Å²) in [6.07, 6.45) is -4.89. The van der Waals surface area contributed by atoms with Crippen molar-refractivity contribution in [3.8, 4) is 5.75 Å². The molecule has 0 aliphatic carbocycles. The third-order valence-corrected chi connectivity index (χ3v) is 4.78. The van der Waals surface area contributed by atoms with Gasteiger partial charge in [0.25, 0.3) is 0 Å². The van der Waals surface area contributed by atoms with Crippen LogP contribution >= 0.6 is 11.6 Å². The van der Waals surface area contributed by atoms with E-state index >= 15 is 0 Å². The molecule has 0 radical (unpaired) electrons. The predicted octanol–water partition coefficient (Wildman–Crippen LogP) is 3.86. The maximum atomic E-state index is 13.3.